The molecule has 0 radical (unpaired) electrons. The van der Waals surface area contributed by atoms with E-state index in [1.807, 2.05) is 0 Å². The van der Waals surface area contributed by atoms with Gasteiger partial charge in [0.05, 0.1) is 0 Å². The quantitative estimate of drug-likeness (QED) is 0.516. The van der Waals surface area contributed by atoms with Gasteiger partial charge in [-0.2, -0.15) is 0 Å². The Morgan fingerprint density at radius 3 is 2.90 bits per heavy atom. The predicted octanol–water partition coefficient (Wildman–Crippen LogP) is 0.145. The fraction of sp³-hybridized carbons (Fsp3) is 0.143. The van der Waals surface area contributed by atoms with Crippen molar-refractivity contribution in [2.45, 2.75) is 6.42 Å². The third-order valence-corrected chi connectivity index (χ3v) is 1.08. The molecule has 3 heteroatoms. The maximum absolute atomic E-state index is 10.7. The normalized spacial score (nSPS) is 24.4. The zero-order valence-electron chi connectivity index (χ0n) is 5.33. The number of allylic oxidation sites excluding steroid dienone is 2. The molecular weight excluding hydrogens is 130 g/mol. The second-order valence-electron chi connectivity index (χ2n) is 1.91. The van der Waals surface area contributed by atoms with Gasteiger partial charge in [0, 0.05) is 12.6 Å². The van der Waals surface area contributed by atoms with E-state index in [4.69, 9.17) is 0 Å². The van der Waals surface area contributed by atoms with Crippen LogP contribution in [0.15, 0.2) is 24.4 Å². The van der Waals surface area contributed by atoms with Crippen molar-refractivity contribution >= 4 is 11.7 Å². The molecule has 52 valence electrons. The Hall–Kier alpha value is -1.38. The number of carbonyl (C=O) groups excluding carboxylic acids is 2. The maximum atomic E-state index is 10.7. The van der Waals surface area contributed by atoms with Crippen LogP contribution >= 0.6 is 0 Å². The molecule has 3 nitrogen and oxygen atoms in total. The van der Waals surface area contributed by atoms with E-state index in [-0.39, 0.29) is 11.7 Å². The van der Waals surface area contributed by atoms with Gasteiger partial charge in [-0.3, -0.25) is 9.59 Å². The summed E-state index contributed by atoms with van der Waals surface area (Å²) in [5.74, 6) is -0.194. The van der Waals surface area contributed by atoms with E-state index in [1.165, 1.54) is 18.4 Å². The van der Waals surface area contributed by atoms with Crippen LogP contribution in [0.5, 0.6) is 0 Å². The van der Waals surface area contributed by atoms with E-state index in [2.05, 4.69) is 5.32 Å². The highest BCUT2D eigenvalue weighted by Crippen LogP contribution is 1.90. The number of rotatable bonds is 0. The van der Waals surface area contributed by atoms with Crippen molar-refractivity contribution in [3.63, 3.8) is 0 Å². The first-order valence-electron chi connectivity index (χ1n) is 2.95. The zero-order chi connectivity index (χ0) is 7.40. The summed E-state index contributed by atoms with van der Waals surface area (Å²) in [4.78, 5) is 21.2. The van der Waals surface area contributed by atoms with Crippen LogP contribution in [0, 0.1) is 0 Å². The van der Waals surface area contributed by atoms with Gasteiger partial charge in [-0.05, 0) is 12.2 Å². The summed E-state index contributed by atoms with van der Waals surface area (Å²) >= 11 is 0. The van der Waals surface area contributed by atoms with Gasteiger partial charge in [0.2, 0.25) is 5.91 Å². The number of carbonyl (C=O) groups is 2. The van der Waals surface area contributed by atoms with Gasteiger partial charge < -0.3 is 5.32 Å². The Morgan fingerprint density at radius 2 is 2.10 bits per heavy atom. The van der Waals surface area contributed by atoms with Crippen molar-refractivity contribution in [3.05, 3.63) is 24.4 Å². The van der Waals surface area contributed by atoms with Crippen molar-refractivity contribution < 1.29 is 9.59 Å². The Balaban J connectivity index is 2.65. The van der Waals surface area contributed by atoms with Gasteiger partial charge >= 0.3 is 0 Å². The topological polar surface area (TPSA) is 46.2 Å². The van der Waals surface area contributed by atoms with E-state index in [0.29, 0.717) is 6.42 Å². The lowest BCUT2D eigenvalue weighted by Gasteiger charge is -1.95. The predicted molar refractivity (Wildman–Crippen MR) is 36.0 cm³/mol. The summed E-state index contributed by atoms with van der Waals surface area (Å²) in [5, 5.41) is 2.39. The van der Waals surface area contributed by atoms with Gasteiger partial charge in [-0.15, -0.1) is 0 Å². The average Bonchev–Trinajstić information content (AvgIpc) is 1.84. The molecule has 0 saturated heterocycles. The number of amides is 1. The summed E-state index contributed by atoms with van der Waals surface area (Å²) in [6.07, 6.45) is 5.90. The molecule has 0 atom stereocenters. The minimum absolute atomic E-state index is 0.00347. The molecule has 0 aromatic rings. The molecule has 1 rings (SSSR count). The van der Waals surface area contributed by atoms with Crippen LogP contribution in [0.2, 0.25) is 0 Å². The van der Waals surface area contributed by atoms with Crippen molar-refractivity contribution in [2.24, 2.45) is 0 Å². The molecule has 0 unspecified atom stereocenters. The van der Waals surface area contributed by atoms with Gasteiger partial charge in [0.1, 0.15) is 0 Å². The lowest BCUT2D eigenvalue weighted by atomic mass is 10.2. The van der Waals surface area contributed by atoms with Gasteiger partial charge in [0.15, 0.2) is 5.78 Å². The number of nitrogens with one attached hydrogen (secondary N) is 1. The molecule has 0 spiro atoms. The molecule has 0 aromatic carbocycles. The zero-order valence-corrected chi connectivity index (χ0v) is 5.33. The van der Waals surface area contributed by atoms with Crippen molar-refractivity contribution in [3.8, 4) is 0 Å². The van der Waals surface area contributed by atoms with Crippen LogP contribution in [-0.2, 0) is 9.59 Å². The molecule has 10 heavy (non-hydrogen) atoms. The van der Waals surface area contributed by atoms with E-state index < -0.39 is 0 Å². The summed E-state index contributed by atoms with van der Waals surface area (Å²) in [6, 6.07) is 0. The Morgan fingerprint density at radius 1 is 1.30 bits per heavy atom. The van der Waals surface area contributed by atoms with Crippen LogP contribution in [0.4, 0.5) is 0 Å². The first-order chi connectivity index (χ1) is 4.79. The van der Waals surface area contributed by atoms with Gasteiger partial charge in [-0.25, -0.2) is 0 Å². The van der Waals surface area contributed by atoms with Crippen LogP contribution in [-0.4, -0.2) is 11.7 Å². The molecule has 1 N–H and O–H groups in total. The number of hydrogen-bond acceptors (Lipinski definition) is 2. The molecule has 0 aliphatic carbocycles. The van der Waals surface area contributed by atoms with Crippen LogP contribution < -0.4 is 5.32 Å². The maximum Gasteiger partial charge on any atom is 0.247 e. The number of hydrogen-bond donors (Lipinski definition) is 1. The standard InChI is InChI=1S/C7H7NO2/c9-6-2-1-3-7(10)8-5-4-6/h1,3-5H,2H2,(H,8,10)/b3-1-,5-4-. The second kappa shape index (κ2) is 2.96. The summed E-state index contributed by atoms with van der Waals surface area (Å²) < 4.78 is 0. The van der Waals surface area contributed by atoms with Crippen molar-refractivity contribution in [2.75, 3.05) is 0 Å². The largest absolute Gasteiger partial charge is 0.329 e. The van der Waals surface area contributed by atoms with Crippen LogP contribution in [0.3, 0.4) is 0 Å². The third kappa shape index (κ3) is 1.85. The monoisotopic (exact) mass is 137 g/mol. The van der Waals surface area contributed by atoms with E-state index in [1.54, 1.807) is 6.08 Å². The lowest BCUT2D eigenvalue weighted by Crippen LogP contribution is -2.15. The molecule has 1 heterocycles. The van der Waals surface area contributed by atoms with E-state index in [0.717, 1.165) is 0 Å². The minimum Gasteiger partial charge on any atom is -0.329 e. The summed E-state index contributed by atoms with van der Waals surface area (Å²) in [5.41, 5.74) is 0. The summed E-state index contributed by atoms with van der Waals surface area (Å²) in [7, 11) is 0. The summed E-state index contributed by atoms with van der Waals surface area (Å²) in [6.45, 7) is 0. The van der Waals surface area contributed by atoms with Gasteiger partial charge in [0.25, 0.3) is 0 Å². The number of ketones is 1. The van der Waals surface area contributed by atoms with E-state index in [9.17, 15) is 9.59 Å². The third-order valence-electron chi connectivity index (χ3n) is 1.08. The molecule has 0 bridgehead atoms. The molecule has 0 saturated carbocycles. The van der Waals surface area contributed by atoms with Crippen LogP contribution in [0.25, 0.3) is 0 Å². The molecular formula is C7H7NO2. The first kappa shape index (κ1) is 6.74. The Labute approximate surface area is 58.4 Å². The first-order valence-corrected chi connectivity index (χ1v) is 2.95. The highest BCUT2D eigenvalue weighted by Gasteiger charge is 1.97. The van der Waals surface area contributed by atoms with Crippen molar-refractivity contribution in [1.29, 1.82) is 0 Å². The molecule has 0 aromatic heterocycles. The van der Waals surface area contributed by atoms with Gasteiger partial charge in [-0.1, -0.05) is 6.08 Å². The molecule has 1 aliphatic rings. The average molecular weight is 137 g/mol. The smallest absolute Gasteiger partial charge is 0.247 e. The lowest BCUT2D eigenvalue weighted by molar-refractivity contribution is -0.115. The molecule has 0 fully saturated rings. The Kier molecular flexibility index (Phi) is 1.99. The minimum atomic E-state index is -0.191. The fourth-order valence-corrected chi connectivity index (χ4v) is 0.615. The fourth-order valence-electron chi connectivity index (χ4n) is 0.615. The Bertz CT molecular complexity index is 192. The highest BCUT2D eigenvalue weighted by molar-refractivity contribution is 5.95. The second-order valence-corrected chi connectivity index (χ2v) is 1.91. The van der Waals surface area contributed by atoms with E-state index >= 15 is 0 Å². The molecule has 1 aliphatic heterocycles. The van der Waals surface area contributed by atoms with Crippen LogP contribution in [0.1, 0.15) is 6.42 Å². The highest BCUT2D eigenvalue weighted by atomic mass is 16.1. The SMILES string of the molecule is O=C1/C=C\NC(=O)/C=C\C1. The van der Waals surface area contributed by atoms with Crippen molar-refractivity contribution in [1.82, 2.24) is 5.32 Å². The molecule has 1 amide bonds.